The third-order valence-corrected chi connectivity index (χ3v) is 5.97. The molecule has 5 rings (SSSR count). The molecule has 140 valence electrons. The molecule has 0 aliphatic rings. The third kappa shape index (κ3) is 3.16. The molecule has 5 heterocycles. The summed E-state index contributed by atoms with van der Waals surface area (Å²) in [6, 6.07) is 7.37. The molecule has 5 aromatic heterocycles. The van der Waals surface area contributed by atoms with Crippen molar-refractivity contribution < 1.29 is 8.83 Å². The molecule has 0 saturated heterocycles. The zero-order chi connectivity index (χ0) is 18.9. The van der Waals surface area contributed by atoms with Crippen molar-refractivity contribution in [1.82, 2.24) is 24.7 Å². The summed E-state index contributed by atoms with van der Waals surface area (Å²) >= 11 is 2.88. The van der Waals surface area contributed by atoms with Gasteiger partial charge in [0.1, 0.15) is 28.5 Å². The van der Waals surface area contributed by atoms with E-state index in [1.807, 2.05) is 28.1 Å². The topological polar surface area (TPSA) is 103 Å². The van der Waals surface area contributed by atoms with Gasteiger partial charge >= 0.3 is 0 Å². The fourth-order valence-corrected chi connectivity index (χ4v) is 4.57. The second kappa shape index (κ2) is 7.13. The van der Waals surface area contributed by atoms with Gasteiger partial charge in [0.05, 0.1) is 30.2 Å². The molecule has 0 saturated carbocycles. The highest BCUT2D eigenvalue weighted by Crippen LogP contribution is 2.31. The van der Waals surface area contributed by atoms with Gasteiger partial charge in [0, 0.05) is 10.9 Å². The van der Waals surface area contributed by atoms with Crippen molar-refractivity contribution in [1.29, 1.82) is 0 Å². The number of hydrogen-bond donors (Lipinski definition) is 1. The monoisotopic (exact) mass is 411 g/mol. The van der Waals surface area contributed by atoms with Crippen LogP contribution in [0.2, 0.25) is 0 Å². The summed E-state index contributed by atoms with van der Waals surface area (Å²) in [6.07, 6.45) is 4.87. The van der Waals surface area contributed by atoms with E-state index in [4.69, 9.17) is 8.83 Å². The van der Waals surface area contributed by atoms with Gasteiger partial charge < -0.3 is 18.4 Å². The van der Waals surface area contributed by atoms with E-state index in [0.717, 1.165) is 16.5 Å². The lowest BCUT2D eigenvalue weighted by Gasteiger charge is -2.04. The van der Waals surface area contributed by atoms with Crippen LogP contribution in [0.1, 0.15) is 11.6 Å². The Morgan fingerprint density at radius 1 is 1.21 bits per heavy atom. The molecular formula is C18H13N5O3S2. The lowest BCUT2D eigenvalue weighted by atomic mass is 10.2. The Labute approximate surface area is 166 Å². The average Bonchev–Trinajstić information content (AvgIpc) is 3.47. The maximum absolute atomic E-state index is 12.6. The molecule has 0 aliphatic carbocycles. The Balaban J connectivity index is 1.38. The highest BCUT2D eigenvalue weighted by atomic mass is 32.2. The number of aromatic amines is 1. The Morgan fingerprint density at radius 3 is 2.93 bits per heavy atom. The van der Waals surface area contributed by atoms with Crippen LogP contribution in [0.5, 0.6) is 0 Å². The summed E-state index contributed by atoms with van der Waals surface area (Å²) in [5.74, 6) is 2.53. The number of thiophene rings is 1. The van der Waals surface area contributed by atoms with E-state index in [9.17, 15) is 4.79 Å². The number of H-pyrrole nitrogens is 1. The lowest BCUT2D eigenvalue weighted by molar-refractivity contribution is 0.484. The molecule has 10 heteroatoms. The number of fused-ring (bicyclic) bond motifs is 1. The van der Waals surface area contributed by atoms with E-state index >= 15 is 0 Å². The quantitative estimate of drug-likeness (QED) is 0.424. The van der Waals surface area contributed by atoms with Crippen molar-refractivity contribution in [2.45, 2.75) is 17.5 Å². The number of nitrogens with one attached hydrogen (secondary N) is 1. The van der Waals surface area contributed by atoms with Crippen molar-refractivity contribution in [2.75, 3.05) is 0 Å². The van der Waals surface area contributed by atoms with Gasteiger partial charge in [-0.25, -0.2) is 4.98 Å². The Hall–Kier alpha value is -3.11. The van der Waals surface area contributed by atoms with Crippen LogP contribution in [0.3, 0.4) is 0 Å². The minimum absolute atomic E-state index is 0.176. The van der Waals surface area contributed by atoms with E-state index in [-0.39, 0.29) is 5.56 Å². The minimum atomic E-state index is -0.176. The average molecular weight is 411 g/mol. The first-order chi connectivity index (χ1) is 13.8. The zero-order valence-electron chi connectivity index (χ0n) is 14.4. The number of nitrogens with zero attached hydrogens (tertiary/aromatic N) is 4. The predicted octanol–water partition coefficient (Wildman–Crippen LogP) is 3.77. The molecule has 28 heavy (non-hydrogen) atoms. The molecule has 0 atom stereocenters. The lowest BCUT2D eigenvalue weighted by Crippen LogP contribution is -2.11. The van der Waals surface area contributed by atoms with E-state index < -0.39 is 0 Å². The molecule has 0 amide bonds. The van der Waals surface area contributed by atoms with Crippen LogP contribution < -0.4 is 5.56 Å². The molecule has 0 radical (unpaired) electrons. The van der Waals surface area contributed by atoms with Gasteiger partial charge in [0.25, 0.3) is 5.56 Å². The summed E-state index contributed by atoms with van der Waals surface area (Å²) in [7, 11) is 0. The highest BCUT2D eigenvalue weighted by Gasteiger charge is 2.15. The SMILES string of the molecule is O=c1[nH]c(CSc2nncn2Cc2ccco2)nc2scc(-c3ccco3)c12. The van der Waals surface area contributed by atoms with E-state index in [1.165, 1.54) is 23.1 Å². The fourth-order valence-electron chi connectivity index (χ4n) is 2.84. The molecule has 1 N–H and O–H groups in total. The van der Waals surface area contributed by atoms with Crippen molar-refractivity contribution in [3.05, 3.63) is 70.4 Å². The summed E-state index contributed by atoms with van der Waals surface area (Å²) in [4.78, 5) is 20.8. The Morgan fingerprint density at radius 2 is 2.11 bits per heavy atom. The normalized spacial score (nSPS) is 11.4. The number of aromatic nitrogens is 5. The molecule has 0 unspecified atom stereocenters. The van der Waals surface area contributed by atoms with Crippen LogP contribution in [-0.2, 0) is 12.3 Å². The summed E-state index contributed by atoms with van der Waals surface area (Å²) in [5.41, 5.74) is 0.585. The van der Waals surface area contributed by atoms with Gasteiger partial charge in [-0.05, 0) is 24.3 Å². The van der Waals surface area contributed by atoms with Crippen LogP contribution in [0.25, 0.3) is 21.5 Å². The Kier molecular flexibility index (Phi) is 4.34. The van der Waals surface area contributed by atoms with Crippen molar-refractivity contribution in [3.8, 4) is 11.3 Å². The number of rotatable bonds is 6. The Bertz CT molecular complexity index is 1270. The molecule has 0 aliphatic heterocycles. The zero-order valence-corrected chi connectivity index (χ0v) is 16.0. The largest absolute Gasteiger partial charge is 0.467 e. The van der Waals surface area contributed by atoms with Gasteiger partial charge in [-0.1, -0.05) is 11.8 Å². The minimum Gasteiger partial charge on any atom is -0.467 e. The molecular weight excluding hydrogens is 398 g/mol. The molecule has 8 nitrogen and oxygen atoms in total. The molecule has 0 spiro atoms. The van der Waals surface area contributed by atoms with E-state index in [0.29, 0.717) is 34.1 Å². The summed E-state index contributed by atoms with van der Waals surface area (Å²) < 4.78 is 12.7. The van der Waals surface area contributed by atoms with Crippen LogP contribution in [0, 0.1) is 0 Å². The van der Waals surface area contributed by atoms with Crippen LogP contribution in [0.4, 0.5) is 0 Å². The maximum atomic E-state index is 12.6. The molecule has 5 aromatic rings. The molecule has 0 bridgehead atoms. The first-order valence-corrected chi connectivity index (χ1v) is 10.2. The standard InChI is InChI=1S/C18H13N5O3S2/c24-16-15-12(13-4-2-6-26-13)8-27-17(15)21-14(20-16)9-28-18-22-19-10-23(18)7-11-3-1-5-25-11/h1-6,8,10H,7,9H2,(H,20,21,24). The van der Waals surface area contributed by atoms with Crippen LogP contribution in [0.15, 0.2) is 67.3 Å². The number of thioether (sulfide) groups is 1. The van der Waals surface area contributed by atoms with Crippen molar-refractivity contribution >= 4 is 33.3 Å². The smallest absolute Gasteiger partial charge is 0.260 e. The second-order valence-electron chi connectivity index (χ2n) is 5.93. The second-order valence-corrected chi connectivity index (χ2v) is 7.73. The van der Waals surface area contributed by atoms with Gasteiger partial charge in [-0.2, -0.15) is 0 Å². The van der Waals surface area contributed by atoms with E-state index in [2.05, 4.69) is 20.2 Å². The van der Waals surface area contributed by atoms with Gasteiger partial charge in [-0.15, -0.1) is 21.5 Å². The van der Waals surface area contributed by atoms with Gasteiger partial charge in [0.2, 0.25) is 0 Å². The van der Waals surface area contributed by atoms with E-state index in [1.54, 1.807) is 24.9 Å². The highest BCUT2D eigenvalue weighted by molar-refractivity contribution is 7.98. The van der Waals surface area contributed by atoms with Gasteiger partial charge in [0.15, 0.2) is 5.16 Å². The van der Waals surface area contributed by atoms with Crippen molar-refractivity contribution in [2.24, 2.45) is 0 Å². The predicted molar refractivity (Wildman–Crippen MR) is 105 cm³/mol. The summed E-state index contributed by atoms with van der Waals surface area (Å²) in [5, 5.41) is 11.3. The molecule has 0 aromatic carbocycles. The van der Waals surface area contributed by atoms with Crippen LogP contribution in [-0.4, -0.2) is 24.7 Å². The number of furan rings is 2. The first-order valence-electron chi connectivity index (χ1n) is 8.35. The van der Waals surface area contributed by atoms with Gasteiger partial charge in [-0.3, -0.25) is 4.79 Å². The fraction of sp³-hybridized carbons (Fsp3) is 0.111. The summed E-state index contributed by atoms with van der Waals surface area (Å²) in [6.45, 7) is 0.544. The first kappa shape index (κ1) is 17.0. The molecule has 0 fully saturated rings. The third-order valence-electron chi connectivity index (χ3n) is 4.10. The van der Waals surface area contributed by atoms with Crippen molar-refractivity contribution in [3.63, 3.8) is 0 Å². The van der Waals surface area contributed by atoms with Crippen LogP contribution >= 0.6 is 23.1 Å². The number of hydrogen-bond acceptors (Lipinski definition) is 8. The maximum Gasteiger partial charge on any atom is 0.260 e.